The summed E-state index contributed by atoms with van der Waals surface area (Å²) in [4.78, 5) is 21.4. The molecule has 0 amide bonds. The number of esters is 1. The fraction of sp³-hybridized carbons (Fsp3) is 0.417. The molecule has 0 saturated carbocycles. The Labute approximate surface area is 112 Å². The zero-order chi connectivity index (χ0) is 15.3. The Morgan fingerprint density at radius 3 is 2.55 bits per heavy atom. The fourth-order valence-electron chi connectivity index (χ4n) is 1.67. The first-order valence-corrected chi connectivity index (χ1v) is 5.71. The summed E-state index contributed by atoms with van der Waals surface area (Å²) >= 11 is 0. The molecule has 0 saturated heterocycles. The second kappa shape index (κ2) is 6.36. The first-order chi connectivity index (χ1) is 9.23. The molecule has 0 bridgehead atoms. The lowest BCUT2D eigenvalue weighted by atomic mass is 10.0. The van der Waals surface area contributed by atoms with E-state index in [0.29, 0.717) is 0 Å². The van der Waals surface area contributed by atoms with Crippen LogP contribution in [0.3, 0.4) is 0 Å². The highest BCUT2D eigenvalue weighted by Gasteiger charge is 2.28. The summed E-state index contributed by atoms with van der Waals surface area (Å²) in [5, 5.41) is 10.8. The van der Waals surface area contributed by atoms with Crippen LogP contribution >= 0.6 is 0 Å². The highest BCUT2D eigenvalue weighted by atomic mass is 19.4. The van der Waals surface area contributed by atoms with E-state index in [1.807, 2.05) is 0 Å². The number of ether oxygens (including phenoxy) is 1. The number of carbonyl (C=O) groups is 1. The van der Waals surface area contributed by atoms with Crippen molar-refractivity contribution in [2.24, 2.45) is 0 Å². The van der Waals surface area contributed by atoms with Gasteiger partial charge in [-0.3, -0.25) is 14.9 Å². The topological polar surface area (TPSA) is 69.4 Å². The number of benzene rings is 1. The van der Waals surface area contributed by atoms with Gasteiger partial charge >= 0.3 is 12.1 Å². The van der Waals surface area contributed by atoms with Gasteiger partial charge in [-0.15, -0.1) is 0 Å². The van der Waals surface area contributed by atoms with Gasteiger partial charge in [-0.05, 0) is 18.6 Å². The molecule has 0 unspecified atom stereocenters. The molecular formula is C12H12F3NO4. The first-order valence-electron chi connectivity index (χ1n) is 5.71. The number of carbonyl (C=O) groups excluding carboxylic acids is 1. The van der Waals surface area contributed by atoms with Gasteiger partial charge in [-0.1, -0.05) is 6.07 Å². The van der Waals surface area contributed by atoms with Crippen molar-refractivity contribution in [1.29, 1.82) is 0 Å². The lowest BCUT2D eigenvalue weighted by Crippen LogP contribution is -2.13. The van der Waals surface area contributed by atoms with Gasteiger partial charge in [0.2, 0.25) is 0 Å². The van der Waals surface area contributed by atoms with Crippen LogP contribution in [0.1, 0.15) is 18.1 Å². The van der Waals surface area contributed by atoms with Crippen LogP contribution in [0.15, 0.2) is 18.2 Å². The Morgan fingerprint density at radius 2 is 2.05 bits per heavy atom. The van der Waals surface area contributed by atoms with Crippen molar-refractivity contribution in [3.8, 4) is 0 Å². The number of hydrogen-bond acceptors (Lipinski definition) is 4. The standard InChI is InChI=1S/C12H12F3NO4/c1-2-20-11(17)6-9-5-8(7-12(13,14)15)3-4-10(9)16(18)19/h3-5H,2,6-7H2,1H3. The molecule has 8 heteroatoms. The Kier molecular flexibility index (Phi) is 5.06. The number of nitrogens with zero attached hydrogens (tertiary/aromatic N) is 1. The maximum atomic E-state index is 12.3. The summed E-state index contributed by atoms with van der Waals surface area (Å²) in [7, 11) is 0. The van der Waals surface area contributed by atoms with Gasteiger partial charge in [0.1, 0.15) is 0 Å². The van der Waals surface area contributed by atoms with Crippen molar-refractivity contribution in [2.45, 2.75) is 25.9 Å². The molecule has 0 atom stereocenters. The summed E-state index contributed by atoms with van der Waals surface area (Å²) in [6, 6.07) is 3.01. The first kappa shape index (κ1) is 15.9. The Balaban J connectivity index is 3.06. The van der Waals surface area contributed by atoms with Gasteiger partial charge in [0.15, 0.2) is 0 Å². The molecule has 0 aliphatic carbocycles. The average molecular weight is 291 g/mol. The van der Waals surface area contributed by atoms with Crippen molar-refractivity contribution in [2.75, 3.05) is 6.61 Å². The smallest absolute Gasteiger partial charge is 0.393 e. The van der Waals surface area contributed by atoms with Gasteiger partial charge in [0.05, 0.1) is 24.4 Å². The van der Waals surface area contributed by atoms with E-state index in [0.717, 1.165) is 18.2 Å². The van der Waals surface area contributed by atoms with Gasteiger partial charge in [0, 0.05) is 11.6 Å². The minimum Gasteiger partial charge on any atom is -0.466 e. The molecule has 5 nitrogen and oxygen atoms in total. The van der Waals surface area contributed by atoms with E-state index in [-0.39, 0.29) is 17.7 Å². The van der Waals surface area contributed by atoms with Crippen LogP contribution in [0.25, 0.3) is 0 Å². The maximum absolute atomic E-state index is 12.3. The molecule has 0 N–H and O–H groups in total. The quantitative estimate of drug-likeness (QED) is 0.475. The zero-order valence-electron chi connectivity index (χ0n) is 10.6. The Hall–Kier alpha value is -2.12. The largest absolute Gasteiger partial charge is 0.466 e. The van der Waals surface area contributed by atoms with E-state index >= 15 is 0 Å². The highest BCUT2D eigenvalue weighted by molar-refractivity contribution is 5.74. The third kappa shape index (κ3) is 4.87. The zero-order valence-corrected chi connectivity index (χ0v) is 10.6. The number of hydrogen-bond donors (Lipinski definition) is 0. The van der Waals surface area contributed by atoms with E-state index in [1.54, 1.807) is 6.92 Å². The number of halogens is 3. The van der Waals surface area contributed by atoms with Crippen molar-refractivity contribution in [3.63, 3.8) is 0 Å². The van der Waals surface area contributed by atoms with Crippen molar-refractivity contribution in [1.82, 2.24) is 0 Å². The van der Waals surface area contributed by atoms with Gasteiger partial charge in [-0.2, -0.15) is 13.2 Å². The molecule has 1 rings (SSSR count). The van der Waals surface area contributed by atoms with Crippen LogP contribution in [-0.4, -0.2) is 23.7 Å². The number of alkyl halides is 3. The minimum atomic E-state index is -4.42. The van der Waals surface area contributed by atoms with Gasteiger partial charge < -0.3 is 4.74 Å². The SMILES string of the molecule is CCOC(=O)Cc1cc(CC(F)(F)F)ccc1[N+](=O)[O-]. The lowest BCUT2D eigenvalue weighted by molar-refractivity contribution is -0.385. The fourth-order valence-corrected chi connectivity index (χ4v) is 1.67. The summed E-state index contributed by atoms with van der Waals surface area (Å²) < 4.78 is 41.5. The third-order valence-electron chi connectivity index (χ3n) is 2.39. The summed E-state index contributed by atoms with van der Waals surface area (Å²) in [5.41, 5.74) is -0.624. The Morgan fingerprint density at radius 1 is 1.40 bits per heavy atom. The Bertz CT molecular complexity index is 514. The molecule has 20 heavy (non-hydrogen) atoms. The second-order valence-electron chi connectivity index (χ2n) is 3.99. The molecule has 1 aromatic carbocycles. The van der Waals surface area contributed by atoms with Crippen molar-refractivity contribution < 1.29 is 27.6 Å². The minimum absolute atomic E-state index is 0.0878. The average Bonchev–Trinajstić information content (AvgIpc) is 2.26. The van der Waals surface area contributed by atoms with Crippen molar-refractivity contribution >= 4 is 11.7 Å². The van der Waals surface area contributed by atoms with E-state index in [4.69, 9.17) is 0 Å². The number of nitro benzene ring substituents is 1. The molecular weight excluding hydrogens is 279 g/mol. The van der Waals surface area contributed by atoms with Crippen molar-refractivity contribution in [3.05, 3.63) is 39.4 Å². The van der Waals surface area contributed by atoms with Crippen LogP contribution in [-0.2, 0) is 22.4 Å². The number of nitro groups is 1. The predicted molar refractivity (Wildman–Crippen MR) is 63.2 cm³/mol. The predicted octanol–water partition coefficient (Wildman–Crippen LogP) is 2.81. The van der Waals surface area contributed by atoms with Gasteiger partial charge in [0.25, 0.3) is 5.69 Å². The van der Waals surface area contributed by atoms with E-state index < -0.39 is 35.6 Å². The van der Waals surface area contributed by atoms with E-state index in [9.17, 15) is 28.1 Å². The van der Waals surface area contributed by atoms with E-state index in [2.05, 4.69) is 4.74 Å². The molecule has 110 valence electrons. The summed E-state index contributed by atoms with van der Waals surface area (Å²) in [5.74, 6) is -0.722. The number of rotatable bonds is 5. The molecule has 0 heterocycles. The van der Waals surface area contributed by atoms with Crippen LogP contribution in [0.4, 0.5) is 18.9 Å². The molecule has 1 aromatic rings. The van der Waals surface area contributed by atoms with Crippen LogP contribution in [0.5, 0.6) is 0 Å². The third-order valence-corrected chi connectivity index (χ3v) is 2.39. The molecule has 0 fully saturated rings. The van der Waals surface area contributed by atoms with Crippen LogP contribution in [0, 0.1) is 10.1 Å². The van der Waals surface area contributed by atoms with Gasteiger partial charge in [-0.25, -0.2) is 0 Å². The summed E-state index contributed by atoms with van der Waals surface area (Å²) in [6.07, 6.45) is -6.06. The second-order valence-corrected chi connectivity index (χ2v) is 3.99. The monoisotopic (exact) mass is 291 g/mol. The molecule has 0 aliphatic heterocycles. The molecule has 0 aliphatic rings. The van der Waals surface area contributed by atoms with Crippen LogP contribution in [0.2, 0.25) is 0 Å². The molecule has 0 radical (unpaired) electrons. The normalized spacial score (nSPS) is 11.2. The van der Waals surface area contributed by atoms with E-state index in [1.165, 1.54) is 0 Å². The lowest BCUT2D eigenvalue weighted by Gasteiger charge is -2.09. The molecule has 0 aromatic heterocycles. The van der Waals surface area contributed by atoms with Crippen LogP contribution < -0.4 is 0 Å². The summed E-state index contributed by atoms with van der Waals surface area (Å²) in [6.45, 7) is 1.65. The molecule has 0 spiro atoms. The highest BCUT2D eigenvalue weighted by Crippen LogP contribution is 2.26. The maximum Gasteiger partial charge on any atom is 0.393 e.